The maximum Gasteiger partial charge on any atom is 0.251 e. The number of hydrogen-bond acceptors (Lipinski definition) is 2. The molecule has 0 saturated carbocycles. The number of carbonyl (C=O) groups is 1. The standard InChI is InChI=1S/C11H13Br2NO2/c12-9-5-8(6-10(13)7-9)11(16)14-3-1-2-4-15/h5-7,15H,1-4H2,(H,14,16). The van der Waals surface area contributed by atoms with Gasteiger partial charge in [0.2, 0.25) is 0 Å². The van der Waals surface area contributed by atoms with E-state index >= 15 is 0 Å². The summed E-state index contributed by atoms with van der Waals surface area (Å²) in [6.07, 6.45) is 1.50. The third-order valence-electron chi connectivity index (χ3n) is 2.00. The molecule has 0 radical (unpaired) electrons. The molecule has 1 amide bonds. The van der Waals surface area contributed by atoms with Gasteiger partial charge in [0.15, 0.2) is 0 Å². The molecule has 0 atom stereocenters. The van der Waals surface area contributed by atoms with Gasteiger partial charge in [0, 0.05) is 27.7 Å². The SMILES string of the molecule is O=C(NCCCCO)c1cc(Br)cc(Br)c1. The maximum atomic E-state index is 11.7. The molecule has 1 aromatic carbocycles. The van der Waals surface area contributed by atoms with Gasteiger partial charge in [0.25, 0.3) is 5.91 Å². The lowest BCUT2D eigenvalue weighted by atomic mass is 10.2. The fourth-order valence-corrected chi connectivity index (χ4v) is 2.52. The van der Waals surface area contributed by atoms with Crippen LogP contribution in [0.5, 0.6) is 0 Å². The molecule has 16 heavy (non-hydrogen) atoms. The number of aliphatic hydroxyl groups is 1. The Morgan fingerprint density at radius 3 is 2.38 bits per heavy atom. The number of carbonyl (C=O) groups excluding carboxylic acids is 1. The van der Waals surface area contributed by atoms with Crippen LogP contribution < -0.4 is 5.32 Å². The van der Waals surface area contributed by atoms with E-state index < -0.39 is 0 Å². The summed E-state index contributed by atoms with van der Waals surface area (Å²) in [4.78, 5) is 11.7. The van der Waals surface area contributed by atoms with Crippen molar-refractivity contribution in [1.29, 1.82) is 0 Å². The first-order chi connectivity index (χ1) is 7.63. The van der Waals surface area contributed by atoms with Crippen LogP contribution in [0.2, 0.25) is 0 Å². The number of rotatable bonds is 5. The smallest absolute Gasteiger partial charge is 0.251 e. The van der Waals surface area contributed by atoms with Crippen LogP contribution >= 0.6 is 31.9 Å². The minimum Gasteiger partial charge on any atom is -0.396 e. The van der Waals surface area contributed by atoms with E-state index in [-0.39, 0.29) is 12.5 Å². The predicted octanol–water partition coefficient (Wildman–Crippen LogP) is 2.71. The lowest BCUT2D eigenvalue weighted by molar-refractivity contribution is 0.0952. The van der Waals surface area contributed by atoms with E-state index in [0.29, 0.717) is 18.5 Å². The zero-order valence-electron chi connectivity index (χ0n) is 8.67. The molecule has 3 nitrogen and oxygen atoms in total. The van der Waals surface area contributed by atoms with Crippen molar-refractivity contribution >= 4 is 37.8 Å². The summed E-state index contributed by atoms with van der Waals surface area (Å²) < 4.78 is 1.73. The molecule has 0 aliphatic heterocycles. The molecular formula is C11H13Br2NO2. The minimum atomic E-state index is -0.0973. The highest BCUT2D eigenvalue weighted by molar-refractivity contribution is 9.11. The Labute approximate surface area is 111 Å². The van der Waals surface area contributed by atoms with Gasteiger partial charge in [-0.15, -0.1) is 0 Å². The van der Waals surface area contributed by atoms with Gasteiger partial charge in [-0.25, -0.2) is 0 Å². The molecule has 0 saturated heterocycles. The van der Waals surface area contributed by atoms with E-state index in [4.69, 9.17) is 5.11 Å². The molecule has 1 rings (SSSR count). The van der Waals surface area contributed by atoms with Crippen molar-refractivity contribution in [3.63, 3.8) is 0 Å². The maximum absolute atomic E-state index is 11.7. The lowest BCUT2D eigenvalue weighted by Crippen LogP contribution is -2.24. The zero-order chi connectivity index (χ0) is 12.0. The Morgan fingerprint density at radius 2 is 1.81 bits per heavy atom. The predicted molar refractivity (Wildman–Crippen MR) is 70.5 cm³/mol. The largest absolute Gasteiger partial charge is 0.396 e. The highest BCUT2D eigenvalue weighted by atomic mass is 79.9. The number of nitrogens with one attached hydrogen (secondary N) is 1. The molecule has 88 valence electrons. The van der Waals surface area contributed by atoms with Crippen molar-refractivity contribution in [3.05, 3.63) is 32.7 Å². The Bertz CT molecular complexity index is 349. The average molecular weight is 351 g/mol. The van der Waals surface area contributed by atoms with E-state index in [0.717, 1.165) is 15.4 Å². The van der Waals surface area contributed by atoms with E-state index in [1.54, 1.807) is 12.1 Å². The number of halogens is 2. The van der Waals surface area contributed by atoms with Gasteiger partial charge in [-0.2, -0.15) is 0 Å². The first kappa shape index (κ1) is 13.7. The summed E-state index contributed by atoms with van der Waals surface area (Å²) in [6.45, 7) is 0.752. The Hall–Kier alpha value is -0.390. The van der Waals surface area contributed by atoms with Crippen molar-refractivity contribution in [1.82, 2.24) is 5.32 Å². The number of hydrogen-bond donors (Lipinski definition) is 2. The number of unbranched alkanes of at least 4 members (excludes halogenated alkanes) is 1. The second kappa shape index (κ2) is 7.04. The highest BCUT2D eigenvalue weighted by Crippen LogP contribution is 2.19. The summed E-state index contributed by atoms with van der Waals surface area (Å²) >= 11 is 6.66. The topological polar surface area (TPSA) is 49.3 Å². The van der Waals surface area contributed by atoms with Crippen LogP contribution in [-0.2, 0) is 0 Å². The zero-order valence-corrected chi connectivity index (χ0v) is 11.8. The molecule has 0 bridgehead atoms. The average Bonchev–Trinajstić information content (AvgIpc) is 2.22. The van der Waals surface area contributed by atoms with Gasteiger partial charge < -0.3 is 10.4 Å². The molecule has 0 fully saturated rings. The molecule has 0 aliphatic carbocycles. The monoisotopic (exact) mass is 349 g/mol. The minimum absolute atomic E-state index is 0.0973. The van der Waals surface area contributed by atoms with Gasteiger partial charge in [-0.05, 0) is 31.0 Å². The van der Waals surface area contributed by atoms with E-state index in [1.165, 1.54) is 0 Å². The first-order valence-electron chi connectivity index (χ1n) is 4.98. The molecule has 1 aromatic rings. The second-order valence-corrected chi connectivity index (χ2v) is 5.18. The fraction of sp³-hybridized carbons (Fsp3) is 0.364. The third-order valence-corrected chi connectivity index (χ3v) is 2.91. The van der Waals surface area contributed by atoms with Crippen molar-refractivity contribution in [2.45, 2.75) is 12.8 Å². The van der Waals surface area contributed by atoms with Crippen LogP contribution in [0.3, 0.4) is 0 Å². The summed E-state index contributed by atoms with van der Waals surface area (Å²) in [5.74, 6) is -0.0973. The Balaban J connectivity index is 2.52. The molecule has 0 unspecified atom stereocenters. The summed E-state index contributed by atoms with van der Waals surface area (Å²) in [5, 5.41) is 11.4. The van der Waals surface area contributed by atoms with Gasteiger partial charge >= 0.3 is 0 Å². The van der Waals surface area contributed by atoms with Crippen LogP contribution in [0.4, 0.5) is 0 Å². The number of aliphatic hydroxyl groups excluding tert-OH is 1. The molecule has 0 aliphatic rings. The first-order valence-corrected chi connectivity index (χ1v) is 6.57. The lowest BCUT2D eigenvalue weighted by Gasteiger charge is -2.05. The van der Waals surface area contributed by atoms with E-state index in [9.17, 15) is 4.79 Å². The van der Waals surface area contributed by atoms with Gasteiger partial charge in [-0.1, -0.05) is 31.9 Å². The normalized spacial score (nSPS) is 10.2. The van der Waals surface area contributed by atoms with Gasteiger partial charge in [0.1, 0.15) is 0 Å². The molecule has 5 heteroatoms. The van der Waals surface area contributed by atoms with Gasteiger partial charge in [0.05, 0.1) is 0 Å². The van der Waals surface area contributed by atoms with Crippen molar-refractivity contribution < 1.29 is 9.90 Å². The van der Waals surface area contributed by atoms with E-state index in [2.05, 4.69) is 37.2 Å². The molecule has 2 N–H and O–H groups in total. The molecule has 0 heterocycles. The van der Waals surface area contributed by atoms with Crippen LogP contribution in [-0.4, -0.2) is 24.2 Å². The molecular weight excluding hydrogens is 338 g/mol. The van der Waals surface area contributed by atoms with Crippen LogP contribution in [0.1, 0.15) is 23.2 Å². The Kier molecular flexibility index (Phi) is 6.01. The third kappa shape index (κ3) is 4.63. The van der Waals surface area contributed by atoms with Crippen LogP contribution in [0.25, 0.3) is 0 Å². The van der Waals surface area contributed by atoms with Crippen molar-refractivity contribution in [3.8, 4) is 0 Å². The highest BCUT2D eigenvalue weighted by Gasteiger charge is 2.06. The number of benzene rings is 1. The van der Waals surface area contributed by atoms with Gasteiger partial charge in [-0.3, -0.25) is 4.79 Å². The second-order valence-electron chi connectivity index (χ2n) is 3.34. The quantitative estimate of drug-likeness (QED) is 0.802. The number of amides is 1. The van der Waals surface area contributed by atoms with E-state index in [1.807, 2.05) is 6.07 Å². The summed E-state index contributed by atoms with van der Waals surface area (Å²) in [7, 11) is 0. The molecule has 0 spiro atoms. The summed E-state index contributed by atoms with van der Waals surface area (Å²) in [5.41, 5.74) is 0.616. The van der Waals surface area contributed by atoms with Crippen molar-refractivity contribution in [2.75, 3.05) is 13.2 Å². The van der Waals surface area contributed by atoms with Crippen molar-refractivity contribution in [2.24, 2.45) is 0 Å². The summed E-state index contributed by atoms with van der Waals surface area (Å²) in [6, 6.07) is 5.42. The molecule has 0 aromatic heterocycles. The fourth-order valence-electron chi connectivity index (χ4n) is 1.23. The van der Waals surface area contributed by atoms with Crippen LogP contribution in [0.15, 0.2) is 27.1 Å². The van der Waals surface area contributed by atoms with Crippen LogP contribution in [0, 0.1) is 0 Å². The Morgan fingerprint density at radius 1 is 1.19 bits per heavy atom.